The van der Waals surface area contributed by atoms with Gasteiger partial charge in [-0.3, -0.25) is 0 Å². The highest BCUT2D eigenvalue weighted by Crippen LogP contribution is 2.34. The highest BCUT2D eigenvalue weighted by molar-refractivity contribution is 7.09. The molecule has 1 atom stereocenters. The Morgan fingerprint density at radius 2 is 2.20 bits per heavy atom. The SMILES string of the molecule is COc1cccc(N(C)Cc2scnc2C)c1[C@H](C)N. The molecule has 0 bridgehead atoms. The zero-order valence-corrected chi connectivity index (χ0v) is 13.2. The normalized spacial score (nSPS) is 12.2. The summed E-state index contributed by atoms with van der Waals surface area (Å²) in [4.78, 5) is 7.76. The van der Waals surface area contributed by atoms with E-state index in [1.165, 1.54) is 4.88 Å². The van der Waals surface area contributed by atoms with Crippen LogP contribution in [0.4, 0.5) is 5.69 Å². The number of hydrogen-bond acceptors (Lipinski definition) is 5. The average molecular weight is 291 g/mol. The Morgan fingerprint density at radius 1 is 1.45 bits per heavy atom. The first-order valence-electron chi connectivity index (χ1n) is 6.57. The summed E-state index contributed by atoms with van der Waals surface area (Å²) in [5.41, 5.74) is 11.2. The maximum absolute atomic E-state index is 6.12. The molecule has 5 heteroatoms. The number of rotatable bonds is 5. The lowest BCUT2D eigenvalue weighted by Crippen LogP contribution is -2.20. The van der Waals surface area contributed by atoms with Crippen LogP contribution in [0.1, 0.15) is 29.1 Å². The monoisotopic (exact) mass is 291 g/mol. The number of ether oxygens (including phenoxy) is 1. The molecular formula is C15H21N3OS. The van der Waals surface area contributed by atoms with Crippen LogP contribution in [0, 0.1) is 6.92 Å². The van der Waals surface area contributed by atoms with Crippen LogP contribution in [-0.4, -0.2) is 19.1 Å². The molecule has 4 nitrogen and oxygen atoms in total. The third-order valence-corrected chi connectivity index (χ3v) is 4.28. The Kier molecular flexibility index (Phi) is 4.62. The van der Waals surface area contributed by atoms with E-state index in [2.05, 4.69) is 23.0 Å². The van der Waals surface area contributed by atoms with Crippen molar-refractivity contribution in [3.05, 3.63) is 39.8 Å². The number of nitrogens with two attached hydrogens (primary N) is 1. The lowest BCUT2D eigenvalue weighted by atomic mass is 10.0. The van der Waals surface area contributed by atoms with Crippen molar-refractivity contribution in [2.75, 3.05) is 19.1 Å². The lowest BCUT2D eigenvalue weighted by Gasteiger charge is -2.25. The average Bonchev–Trinajstić information content (AvgIpc) is 2.83. The maximum atomic E-state index is 6.12. The van der Waals surface area contributed by atoms with Crippen LogP contribution in [0.3, 0.4) is 0 Å². The van der Waals surface area contributed by atoms with E-state index in [9.17, 15) is 0 Å². The van der Waals surface area contributed by atoms with Gasteiger partial charge in [-0.25, -0.2) is 4.98 Å². The standard InChI is InChI=1S/C15H21N3OS/c1-10(16)15-12(6-5-7-13(15)19-4)18(3)8-14-11(2)17-9-20-14/h5-7,9-10H,8,16H2,1-4H3/t10-/m0/s1. The van der Waals surface area contributed by atoms with Gasteiger partial charge in [-0.1, -0.05) is 6.07 Å². The molecule has 2 aromatic rings. The maximum Gasteiger partial charge on any atom is 0.125 e. The van der Waals surface area contributed by atoms with E-state index in [0.29, 0.717) is 0 Å². The topological polar surface area (TPSA) is 51.4 Å². The molecule has 1 aromatic heterocycles. The molecule has 0 amide bonds. The van der Waals surface area contributed by atoms with Crippen molar-refractivity contribution in [2.45, 2.75) is 26.4 Å². The van der Waals surface area contributed by atoms with Crippen molar-refractivity contribution in [2.24, 2.45) is 5.73 Å². The third kappa shape index (κ3) is 2.94. The van der Waals surface area contributed by atoms with Gasteiger partial charge in [0.25, 0.3) is 0 Å². The van der Waals surface area contributed by atoms with Crippen LogP contribution in [-0.2, 0) is 6.54 Å². The predicted molar refractivity (Wildman–Crippen MR) is 84.6 cm³/mol. The number of aryl methyl sites for hydroxylation is 1. The van der Waals surface area contributed by atoms with Gasteiger partial charge < -0.3 is 15.4 Å². The largest absolute Gasteiger partial charge is 0.496 e. The minimum absolute atomic E-state index is 0.0776. The number of nitrogens with zero attached hydrogens (tertiary/aromatic N) is 2. The molecule has 2 rings (SSSR count). The molecule has 0 aliphatic carbocycles. The number of anilines is 1. The Balaban J connectivity index is 2.34. The van der Waals surface area contributed by atoms with Gasteiger partial charge in [-0.05, 0) is 26.0 Å². The highest BCUT2D eigenvalue weighted by atomic mass is 32.1. The molecule has 0 saturated carbocycles. The summed E-state index contributed by atoms with van der Waals surface area (Å²) < 4.78 is 5.44. The van der Waals surface area contributed by atoms with Crippen LogP contribution in [0.2, 0.25) is 0 Å². The number of thiazole rings is 1. The smallest absolute Gasteiger partial charge is 0.125 e. The van der Waals surface area contributed by atoms with Crippen molar-refractivity contribution in [3.8, 4) is 5.75 Å². The van der Waals surface area contributed by atoms with Crippen LogP contribution < -0.4 is 15.4 Å². The van der Waals surface area contributed by atoms with Crippen molar-refractivity contribution in [3.63, 3.8) is 0 Å². The van der Waals surface area contributed by atoms with E-state index >= 15 is 0 Å². The molecule has 2 N–H and O–H groups in total. The quantitative estimate of drug-likeness (QED) is 0.919. The zero-order valence-electron chi connectivity index (χ0n) is 12.4. The van der Waals surface area contributed by atoms with Gasteiger partial charge in [0, 0.05) is 29.2 Å². The summed E-state index contributed by atoms with van der Waals surface area (Å²) in [7, 11) is 3.75. The number of methoxy groups -OCH3 is 1. The zero-order chi connectivity index (χ0) is 14.7. The fraction of sp³-hybridized carbons (Fsp3) is 0.400. The first-order chi connectivity index (χ1) is 9.54. The minimum atomic E-state index is -0.0776. The van der Waals surface area contributed by atoms with Gasteiger partial charge in [0.15, 0.2) is 0 Å². The second-order valence-electron chi connectivity index (χ2n) is 4.90. The van der Waals surface area contributed by atoms with Gasteiger partial charge in [-0.15, -0.1) is 11.3 Å². The van der Waals surface area contributed by atoms with E-state index in [-0.39, 0.29) is 6.04 Å². The third-order valence-electron chi connectivity index (χ3n) is 3.36. The summed E-state index contributed by atoms with van der Waals surface area (Å²) in [6.45, 7) is 4.84. The second kappa shape index (κ2) is 6.24. The molecule has 1 aromatic carbocycles. The van der Waals surface area contributed by atoms with Crippen molar-refractivity contribution < 1.29 is 4.74 Å². The number of hydrogen-bond donors (Lipinski definition) is 1. The summed E-state index contributed by atoms with van der Waals surface area (Å²) in [5, 5.41) is 0. The fourth-order valence-electron chi connectivity index (χ4n) is 2.28. The predicted octanol–water partition coefficient (Wildman–Crippen LogP) is 3.12. The van der Waals surface area contributed by atoms with Crippen LogP contribution in [0.15, 0.2) is 23.7 Å². The van der Waals surface area contributed by atoms with Gasteiger partial charge in [0.1, 0.15) is 5.75 Å². The molecule has 108 valence electrons. The molecular weight excluding hydrogens is 270 g/mol. The van der Waals surface area contributed by atoms with Gasteiger partial charge >= 0.3 is 0 Å². The minimum Gasteiger partial charge on any atom is -0.496 e. The summed E-state index contributed by atoms with van der Waals surface area (Å²) in [6.07, 6.45) is 0. The van der Waals surface area contributed by atoms with E-state index in [4.69, 9.17) is 10.5 Å². The fourth-order valence-corrected chi connectivity index (χ4v) is 3.11. The molecule has 20 heavy (non-hydrogen) atoms. The van der Waals surface area contributed by atoms with Gasteiger partial charge in [0.2, 0.25) is 0 Å². The van der Waals surface area contributed by atoms with Crippen molar-refractivity contribution in [1.82, 2.24) is 4.98 Å². The first kappa shape index (κ1) is 14.8. The van der Waals surface area contributed by atoms with Gasteiger partial charge in [0.05, 0.1) is 24.9 Å². The van der Waals surface area contributed by atoms with Gasteiger partial charge in [-0.2, -0.15) is 0 Å². The molecule has 0 spiro atoms. The van der Waals surface area contributed by atoms with E-state index < -0.39 is 0 Å². The van der Waals surface area contributed by atoms with Crippen molar-refractivity contribution in [1.29, 1.82) is 0 Å². The van der Waals surface area contributed by atoms with Crippen LogP contribution in [0.5, 0.6) is 5.75 Å². The second-order valence-corrected chi connectivity index (χ2v) is 5.84. The van der Waals surface area contributed by atoms with E-state index in [1.807, 2.05) is 31.5 Å². The van der Waals surface area contributed by atoms with E-state index in [1.54, 1.807) is 18.4 Å². The Labute approximate surface area is 124 Å². The molecule has 0 radical (unpaired) electrons. The molecule has 1 heterocycles. The Morgan fingerprint density at radius 3 is 2.75 bits per heavy atom. The molecule has 0 aliphatic rings. The lowest BCUT2D eigenvalue weighted by molar-refractivity contribution is 0.407. The summed E-state index contributed by atoms with van der Waals surface area (Å²) >= 11 is 1.68. The molecule has 0 fully saturated rings. The van der Waals surface area contributed by atoms with Crippen LogP contribution in [0.25, 0.3) is 0 Å². The Hall–Kier alpha value is -1.59. The summed E-state index contributed by atoms with van der Waals surface area (Å²) in [6, 6.07) is 5.95. The Bertz CT molecular complexity index is 580. The molecule has 0 unspecified atom stereocenters. The first-order valence-corrected chi connectivity index (χ1v) is 7.45. The highest BCUT2D eigenvalue weighted by Gasteiger charge is 2.17. The number of aromatic nitrogens is 1. The van der Waals surface area contributed by atoms with E-state index in [0.717, 1.165) is 29.2 Å². The summed E-state index contributed by atoms with van der Waals surface area (Å²) in [5.74, 6) is 0.838. The number of benzene rings is 1. The van der Waals surface area contributed by atoms with Crippen molar-refractivity contribution >= 4 is 17.0 Å². The molecule has 0 saturated heterocycles. The molecule has 0 aliphatic heterocycles. The van der Waals surface area contributed by atoms with Crippen LogP contribution >= 0.6 is 11.3 Å².